The molecule has 64 valence electrons. The molecule has 1 nitrogen and oxygen atoms in total. The van der Waals surface area contributed by atoms with Gasteiger partial charge in [-0.25, -0.2) is 4.98 Å². The van der Waals surface area contributed by atoms with Gasteiger partial charge in [-0.15, -0.1) is 0 Å². The van der Waals surface area contributed by atoms with E-state index < -0.39 is 0 Å². The van der Waals surface area contributed by atoms with Gasteiger partial charge in [-0.2, -0.15) is 0 Å². The van der Waals surface area contributed by atoms with Crippen molar-refractivity contribution >= 4 is 0 Å². The van der Waals surface area contributed by atoms with Crippen molar-refractivity contribution in [2.24, 2.45) is 0 Å². The molecule has 0 radical (unpaired) electrons. The topological polar surface area (TPSA) is 12.9 Å². The molecule has 0 spiro atoms. The summed E-state index contributed by atoms with van der Waals surface area (Å²) in [6.45, 7) is 6.05. The fourth-order valence-corrected chi connectivity index (χ4v) is 0.565. The highest BCUT2D eigenvalue weighted by molar-refractivity contribution is 5.25. The molecule has 0 aliphatic rings. The highest BCUT2D eigenvalue weighted by Gasteiger charge is 1.79. The third-order valence-electron chi connectivity index (χ3n) is 0.918. The van der Waals surface area contributed by atoms with Gasteiger partial charge in [-0.3, -0.25) is 0 Å². The fraction of sp³-hybridized carbons (Fsp3) is 0.364. The van der Waals surface area contributed by atoms with Crippen LogP contribution < -0.4 is 0 Å². The van der Waals surface area contributed by atoms with E-state index in [-0.39, 0.29) is 0 Å². The lowest BCUT2D eigenvalue weighted by Crippen LogP contribution is -1.76. The SMILES string of the molecule is CC#Cc1ccccn1.CCC. The number of nitrogens with zero attached hydrogens (tertiary/aromatic N) is 1. The van der Waals surface area contributed by atoms with Gasteiger partial charge in [-0.1, -0.05) is 32.3 Å². The average molecular weight is 161 g/mol. The van der Waals surface area contributed by atoms with E-state index in [9.17, 15) is 0 Å². The summed E-state index contributed by atoms with van der Waals surface area (Å²) in [5, 5.41) is 0. The Labute approximate surface area is 74.8 Å². The van der Waals surface area contributed by atoms with Crippen molar-refractivity contribution in [2.45, 2.75) is 27.2 Å². The van der Waals surface area contributed by atoms with Crippen molar-refractivity contribution in [1.29, 1.82) is 0 Å². The second-order valence-electron chi connectivity index (χ2n) is 2.30. The Balaban J connectivity index is 0.000000354. The molecule has 0 saturated carbocycles. The van der Waals surface area contributed by atoms with Crippen molar-refractivity contribution in [3.63, 3.8) is 0 Å². The largest absolute Gasteiger partial charge is 0.248 e. The molecule has 12 heavy (non-hydrogen) atoms. The second-order valence-corrected chi connectivity index (χ2v) is 2.30. The molecule has 0 atom stereocenters. The number of hydrogen-bond donors (Lipinski definition) is 0. The standard InChI is InChI=1S/C8H7N.C3H8/c1-2-5-8-6-3-4-7-9-8;1-3-2/h3-4,6-7H,1H3;3H2,1-2H3. The van der Waals surface area contributed by atoms with Gasteiger partial charge in [-0.05, 0) is 25.0 Å². The summed E-state index contributed by atoms with van der Waals surface area (Å²) in [5.41, 5.74) is 0.833. The van der Waals surface area contributed by atoms with Gasteiger partial charge in [0.2, 0.25) is 0 Å². The van der Waals surface area contributed by atoms with Crippen LogP contribution in [0.4, 0.5) is 0 Å². The molecule has 1 rings (SSSR count). The van der Waals surface area contributed by atoms with E-state index in [1.54, 1.807) is 13.1 Å². The molecule has 0 N–H and O–H groups in total. The quantitative estimate of drug-likeness (QED) is 0.533. The summed E-state index contributed by atoms with van der Waals surface area (Å²) in [6, 6.07) is 5.68. The van der Waals surface area contributed by atoms with Gasteiger partial charge in [0, 0.05) is 6.20 Å². The van der Waals surface area contributed by atoms with Crippen LogP contribution in [0.5, 0.6) is 0 Å². The molecule has 1 aromatic heterocycles. The average Bonchev–Trinajstić information content (AvgIpc) is 2.08. The smallest absolute Gasteiger partial charge is 0.113 e. The summed E-state index contributed by atoms with van der Waals surface area (Å²) < 4.78 is 0. The Morgan fingerprint density at radius 1 is 1.33 bits per heavy atom. The third-order valence-corrected chi connectivity index (χ3v) is 0.918. The van der Waals surface area contributed by atoms with E-state index in [1.807, 2.05) is 18.2 Å². The highest BCUT2D eigenvalue weighted by atomic mass is 14.6. The van der Waals surface area contributed by atoms with Crippen LogP contribution in [0.25, 0.3) is 0 Å². The lowest BCUT2D eigenvalue weighted by atomic mass is 10.3. The summed E-state index contributed by atoms with van der Waals surface area (Å²) in [4.78, 5) is 3.99. The predicted octanol–water partition coefficient (Wildman–Crippen LogP) is 2.87. The van der Waals surface area contributed by atoms with Crippen LogP contribution in [0.1, 0.15) is 32.9 Å². The van der Waals surface area contributed by atoms with Crippen molar-refractivity contribution in [1.82, 2.24) is 4.98 Å². The zero-order valence-electron chi connectivity index (χ0n) is 7.96. The molecule has 1 heteroatoms. The maximum Gasteiger partial charge on any atom is 0.113 e. The normalized spacial score (nSPS) is 7.25. The first-order chi connectivity index (χ1) is 5.85. The van der Waals surface area contributed by atoms with Gasteiger partial charge < -0.3 is 0 Å². The van der Waals surface area contributed by atoms with Gasteiger partial charge in [0.1, 0.15) is 5.69 Å². The molecule has 0 aliphatic carbocycles. The van der Waals surface area contributed by atoms with Gasteiger partial charge in [0.05, 0.1) is 0 Å². The van der Waals surface area contributed by atoms with E-state index in [0.29, 0.717) is 0 Å². The monoisotopic (exact) mass is 161 g/mol. The Morgan fingerprint density at radius 3 is 2.42 bits per heavy atom. The first-order valence-electron chi connectivity index (χ1n) is 4.18. The minimum atomic E-state index is 0.833. The Hall–Kier alpha value is -1.29. The molecule has 0 amide bonds. The number of rotatable bonds is 0. The maximum atomic E-state index is 3.99. The minimum absolute atomic E-state index is 0.833. The Bertz CT molecular complexity index is 241. The molecule has 1 heterocycles. The summed E-state index contributed by atoms with van der Waals surface area (Å²) in [6.07, 6.45) is 2.99. The van der Waals surface area contributed by atoms with Crippen LogP contribution in [0.15, 0.2) is 24.4 Å². The van der Waals surface area contributed by atoms with E-state index in [1.165, 1.54) is 6.42 Å². The second kappa shape index (κ2) is 7.81. The Morgan fingerprint density at radius 2 is 2.00 bits per heavy atom. The van der Waals surface area contributed by atoms with Crippen LogP contribution in [0, 0.1) is 11.8 Å². The molecule has 0 aliphatic heterocycles. The van der Waals surface area contributed by atoms with E-state index in [4.69, 9.17) is 0 Å². The van der Waals surface area contributed by atoms with Crippen molar-refractivity contribution in [2.75, 3.05) is 0 Å². The van der Waals surface area contributed by atoms with E-state index >= 15 is 0 Å². The van der Waals surface area contributed by atoms with Crippen molar-refractivity contribution in [3.05, 3.63) is 30.1 Å². The van der Waals surface area contributed by atoms with Crippen molar-refractivity contribution in [3.8, 4) is 11.8 Å². The minimum Gasteiger partial charge on any atom is -0.248 e. The maximum absolute atomic E-state index is 3.99. The fourth-order valence-electron chi connectivity index (χ4n) is 0.565. The molecular weight excluding hydrogens is 146 g/mol. The first-order valence-corrected chi connectivity index (χ1v) is 4.18. The number of hydrogen-bond acceptors (Lipinski definition) is 1. The van der Waals surface area contributed by atoms with Crippen LogP contribution in [0.2, 0.25) is 0 Å². The van der Waals surface area contributed by atoms with Crippen LogP contribution in [0.3, 0.4) is 0 Å². The predicted molar refractivity (Wildman–Crippen MR) is 52.8 cm³/mol. The van der Waals surface area contributed by atoms with Gasteiger partial charge in [0.25, 0.3) is 0 Å². The molecule has 0 fully saturated rings. The number of pyridine rings is 1. The van der Waals surface area contributed by atoms with E-state index in [2.05, 4.69) is 30.7 Å². The molecule has 1 aromatic rings. The molecular formula is C11H15N. The molecule has 0 saturated heterocycles. The van der Waals surface area contributed by atoms with Crippen molar-refractivity contribution < 1.29 is 0 Å². The van der Waals surface area contributed by atoms with Crippen LogP contribution >= 0.6 is 0 Å². The molecule has 0 aromatic carbocycles. The highest BCUT2D eigenvalue weighted by Crippen LogP contribution is 1.87. The lowest BCUT2D eigenvalue weighted by molar-refractivity contribution is 1.09. The summed E-state index contributed by atoms with van der Waals surface area (Å²) in [5.74, 6) is 5.62. The van der Waals surface area contributed by atoms with Crippen LogP contribution in [-0.2, 0) is 0 Å². The third kappa shape index (κ3) is 5.49. The van der Waals surface area contributed by atoms with Crippen LogP contribution in [-0.4, -0.2) is 4.98 Å². The van der Waals surface area contributed by atoms with Gasteiger partial charge in [0.15, 0.2) is 0 Å². The first kappa shape index (κ1) is 10.7. The van der Waals surface area contributed by atoms with E-state index in [0.717, 1.165) is 5.69 Å². The summed E-state index contributed by atoms with van der Waals surface area (Å²) >= 11 is 0. The zero-order valence-corrected chi connectivity index (χ0v) is 7.96. The van der Waals surface area contributed by atoms with Gasteiger partial charge >= 0.3 is 0 Å². The Kier molecular flexibility index (Phi) is 6.97. The zero-order chi connectivity index (χ0) is 9.23. The molecule has 0 bridgehead atoms. The summed E-state index contributed by atoms with van der Waals surface area (Å²) in [7, 11) is 0. The lowest BCUT2D eigenvalue weighted by Gasteiger charge is -1.82. The molecule has 0 unspecified atom stereocenters. The number of aromatic nitrogens is 1.